The molecular weight excluding hydrogens is 288 g/mol. The summed E-state index contributed by atoms with van der Waals surface area (Å²) in [6.45, 7) is 4.37. The van der Waals surface area contributed by atoms with Gasteiger partial charge in [-0.1, -0.05) is 48.5 Å². The minimum absolute atomic E-state index is 0.376. The number of rotatable bonds is 3. The van der Waals surface area contributed by atoms with Gasteiger partial charge in [-0.15, -0.1) is 11.3 Å². The molecule has 112 valence electrons. The average Bonchev–Trinajstić information content (AvgIpc) is 3.00. The highest BCUT2D eigenvalue weighted by Crippen LogP contribution is 2.36. The number of fused-ring (bicyclic) bond motifs is 1. The first-order valence-corrected chi connectivity index (χ1v) is 8.72. The van der Waals surface area contributed by atoms with Crippen molar-refractivity contribution in [2.24, 2.45) is 0 Å². The van der Waals surface area contributed by atoms with Crippen LogP contribution in [0, 0.1) is 0 Å². The van der Waals surface area contributed by atoms with E-state index in [0.717, 1.165) is 26.2 Å². The third-order valence-corrected chi connectivity index (χ3v) is 5.51. The van der Waals surface area contributed by atoms with Gasteiger partial charge in [0.05, 0.1) is 6.04 Å². The van der Waals surface area contributed by atoms with Crippen LogP contribution < -0.4 is 5.32 Å². The number of hydrogen-bond donors (Lipinski definition) is 1. The third kappa shape index (κ3) is 2.68. The molecule has 2 heterocycles. The van der Waals surface area contributed by atoms with Crippen molar-refractivity contribution >= 4 is 21.4 Å². The van der Waals surface area contributed by atoms with Crippen LogP contribution in [0.1, 0.15) is 16.5 Å². The zero-order chi connectivity index (χ0) is 14.8. The maximum Gasteiger partial charge on any atom is 0.0697 e. The van der Waals surface area contributed by atoms with E-state index >= 15 is 0 Å². The second-order valence-corrected chi connectivity index (χ2v) is 6.90. The Morgan fingerprint density at radius 3 is 2.41 bits per heavy atom. The van der Waals surface area contributed by atoms with Crippen LogP contribution >= 0.6 is 11.3 Å². The van der Waals surface area contributed by atoms with E-state index < -0.39 is 0 Å². The van der Waals surface area contributed by atoms with E-state index in [-0.39, 0.29) is 0 Å². The van der Waals surface area contributed by atoms with Gasteiger partial charge in [-0.2, -0.15) is 0 Å². The van der Waals surface area contributed by atoms with Crippen LogP contribution in [0.15, 0.2) is 60.7 Å². The van der Waals surface area contributed by atoms with Gasteiger partial charge in [-0.25, -0.2) is 0 Å². The molecule has 1 saturated heterocycles. The van der Waals surface area contributed by atoms with Crippen LogP contribution in [0.4, 0.5) is 0 Å². The molecule has 0 saturated carbocycles. The number of nitrogens with one attached hydrogen (secondary N) is 1. The van der Waals surface area contributed by atoms with Crippen molar-refractivity contribution in [2.45, 2.75) is 6.04 Å². The van der Waals surface area contributed by atoms with Gasteiger partial charge in [0, 0.05) is 35.8 Å². The van der Waals surface area contributed by atoms with E-state index in [1.54, 1.807) is 0 Å². The summed E-state index contributed by atoms with van der Waals surface area (Å²) in [5.74, 6) is 0. The minimum atomic E-state index is 0.376. The van der Waals surface area contributed by atoms with Crippen LogP contribution in [0.25, 0.3) is 10.1 Å². The molecule has 1 aliphatic rings. The summed E-state index contributed by atoms with van der Waals surface area (Å²) in [4.78, 5) is 4.06. The molecule has 3 heteroatoms. The Morgan fingerprint density at radius 2 is 1.64 bits per heavy atom. The highest BCUT2D eigenvalue weighted by molar-refractivity contribution is 7.19. The fourth-order valence-corrected chi connectivity index (χ4v) is 4.50. The Hall–Kier alpha value is -1.68. The van der Waals surface area contributed by atoms with Gasteiger partial charge >= 0.3 is 0 Å². The predicted octanol–water partition coefficient (Wildman–Crippen LogP) is 3.90. The number of nitrogens with zero attached hydrogens (tertiary/aromatic N) is 1. The van der Waals surface area contributed by atoms with Gasteiger partial charge in [-0.05, 0) is 23.1 Å². The van der Waals surface area contributed by atoms with Crippen LogP contribution in [-0.2, 0) is 0 Å². The molecule has 1 aliphatic heterocycles. The smallest absolute Gasteiger partial charge is 0.0697 e. The summed E-state index contributed by atoms with van der Waals surface area (Å²) in [5, 5.41) is 4.82. The van der Waals surface area contributed by atoms with Gasteiger partial charge < -0.3 is 5.32 Å². The zero-order valence-electron chi connectivity index (χ0n) is 12.5. The second-order valence-electron chi connectivity index (χ2n) is 5.79. The lowest BCUT2D eigenvalue weighted by atomic mass is 10.0. The van der Waals surface area contributed by atoms with Gasteiger partial charge in [0.1, 0.15) is 0 Å². The topological polar surface area (TPSA) is 15.3 Å². The maximum absolute atomic E-state index is 3.46. The average molecular weight is 308 g/mol. The molecule has 1 fully saturated rings. The predicted molar refractivity (Wildman–Crippen MR) is 94.6 cm³/mol. The van der Waals surface area contributed by atoms with Crippen molar-refractivity contribution in [3.8, 4) is 0 Å². The van der Waals surface area contributed by atoms with Gasteiger partial charge in [-0.3, -0.25) is 4.90 Å². The van der Waals surface area contributed by atoms with Crippen LogP contribution in [0.5, 0.6) is 0 Å². The van der Waals surface area contributed by atoms with Crippen molar-refractivity contribution in [1.29, 1.82) is 0 Å². The first kappa shape index (κ1) is 13.9. The molecule has 2 aromatic carbocycles. The summed E-state index contributed by atoms with van der Waals surface area (Å²) in [5.41, 5.74) is 1.40. The second kappa shape index (κ2) is 6.21. The van der Waals surface area contributed by atoms with E-state index in [4.69, 9.17) is 0 Å². The lowest BCUT2D eigenvalue weighted by Gasteiger charge is -2.34. The molecule has 4 rings (SSSR count). The number of hydrogen-bond acceptors (Lipinski definition) is 3. The van der Waals surface area contributed by atoms with E-state index in [1.807, 2.05) is 11.3 Å². The molecule has 1 N–H and O–H groups in total. The molecule has 22 heavy (non-hydrogen) atoms. The standard InChI is InChI=1S/C19H20N2S/c1-2-6-15(7-3-1)19(21-12-10-20-11-13-21)18-14-16-8-4-5-9-17(16)22-18/h1-9,14,19-20H,10-13H2. The Morgan fingerprint density at radius 1 is 0.909 bits per heavy atom. The van der Waals surface area contributed by atoms with Crippen molar-refractivity contribution in [3.63, 3.8) is 0 Å². The normalized spacial score (nSPS) is 17.6. The van der Waals surface area contributed by atoms with E-state index in [0.29, 0.717) is 6.04 Å². The molecular formula is C19H20N2S. The monoisotopic (exact) mass is 308 g/mol. The summed E-state index contributed by atoms with van der Waals surface area (Å²) in [6, 6.07) is 22.4. The van der Waals surface area contributed by atoms with Crippen molar-refractivity contribution in [2.75, 3.05) is 26.2 Å². The van der Waals surface area contributed by atoms with Crippen LogP contribution in [-0.4, -0.2) is 31.1 Å². The lowest BCUT2D eigenvalue weighted by Crippen LogP contribution is -2.45. The summed E-state index contributed by atoms with van der Waals surface area (Å²) >= 11 is 1.93. The largest absolute Gasteiger partial charge is 0.314 e. The van der Waals surface area contributed by atoms with Crippen LogP contribution in [0.2, 0.25) is 0 Å². The molecule has 0 spiro atoms. The van der Waals surface area contributed by atoms with Gasteiger partial charge in [0.15, 0.2) is 0 Å². The molecule has 1 unspecified atom stereocenters. The van der Waals surface area contributed by atoms with E-state index in [9.17, 15) is 0 Å². The Kier molecular flexibility index (Phi) is 3.94. The minimum Gasteiger partial charge on any atom is -0.314 e. The highest BCUT2D eigenvalue weighted by Gasteiger charge is 2.25. The Balaban J connectivity index is 1.78. The quantitative estimate of drug-likeness (QED) is 0.789. The van der Waals surface area contributed by atoms with E-state index in [1.165, 1.54) is 20.5 Å². The van der Waals surface area contributed by atoms with Crippen molar-refractivity contribution in [1.82, 2.24) is 10.2 Å². The lowest BCUT2D eigenvalue weighted by molar-refractivity contribution is 0.201. The maximum atomic E-state index is 3.46. The van der Waals surface area contributed by atoms with Crippen LogP contribution in [0.3, 0.4) is 0 Å². The van der Waals surface area contributed by atoms with Crippen molar-refractivity contribution in [3.05, 3.63) is 71.1 Å². The molecule has 0 amide bonds. The fraction of sp³-hybridized carbons (Fsp3) is 0.263. The summed E-state index contributed by atoms with van der Waals surface area (Å²) in [7, 11) is 0. The molecule has 0 radical (unpaired) electrons. The Labute approximate surface area is 135 Å². The SMILES string of the molecule is c1ccc(C(c2cc3ccccc3s2)N2CCNCC2)cc1. The fourth-order valence-electron chi connectivity index (χ4n) is 3.27. The first-order chi connectivity index (χ1) is 10.9. The van der Waals surface area contributed by atoms with Crippen molar-refractivity contribution < 1.29 is 0 Å². The van der Waals surface area contributed by atoms with Gasteiger partial charge in [0.2, 0.25) is 0 Å². The third-order valence-electron chi connectivity index (χ3n) is 4.35. The molecule has 0 bridgehead atoms. The number of thiophene rings is 1. The summed E-state index contributed by atoms with van der Waals surface area (Å²) < 4.78 is 1.38. The molecule has 1 atom stereocenters. The van der Waals surface area contributed by atoms with E-state index in [2.05, 4.69) is 70.9 Å². The number of piperazine rings is 1. The first-order valence-electron chi connectivity index (χ1n) is 7.90. The molecule has 0 aliphatic carbocycles. The van der Waals surface area contributed by atoms with Gasteiger partial charge in [0.25, 0.3) is 0 Å². The Bertz CT molecular complexity index is 711. The summed E-state index contributed by atoms with van der Waals surface area (Å²) in [6.07, 6.45) is 0. The number of benzene rings is 2. The molecule has 2 nitrogen and oxygen atoms in total. The zero-order valence-corrected chi connectivity index (χ0v) is 13.4. The highest BCUT2D eigenvalue weighted by atomic mass is 32.1. The molecule has 3 aromatic rings. The molecule has 1 aromatic heterocycles.